The van der Waals surface area contributed by atoms with Gasteiger partial charge in [-0.1, -0.05) is 11.3 Å². The van der Waals surface area contributed by atoms with Gasteiger partial charge in [-0.3, -0.25) is 0 Å². The number of carboxylic acid groups (broad SMARTS) is 1. The molecule has 0 aliphatic rings. The Labute approximate surface area is 88.2 Å². The third kappa shape index (κ3) is 1.60. The molecule has 0 radical (unpaired) electrons. The lowest BCUT2D eigenvalue weighted by Crippen LogP contribution is -1.98. The molecule has 0 aliphatic carbocycles. The number of aromatic nitrogens is 1. The lowest BCUT2D eigenvalue weighted by atomic mass is 10.4. The van der Waals surface area contributed by atoms with Crippen LogP contribution >= 0.6 is 11.3 Å². The zero-order valence-electron chi connectivity index (χ0n) is 7.30. The average Bonchev–Trinajstić information content (AvgIpc) is 2.86. The van der Waals surface area contributed by atoms with Crippen LogP contribution in [0, 0.1) is 11.3 Å². The summed E-state index contributed by atoms with van der Waals surface area (Å²) in [6.45, 7) is 0. The van der Waals surface area contributed by atoms with Crippen molar-refractivity contribution in [2.45, 2.75) is 0 Å². The molecule has 6 heteroatoms. The van der Waals surface area contributed by atoms with Crippen molar-refractivity contribution in [3.8, 4) is 16.8 Å². The highest BCUT2D eigenvalue weighted by Crippen LogP contribution is 2.27. The highest BCUT2D eigenvalue weighted by Gasteiger charge is 2.18. The Kier molecular flexibility index (Phi) is 2.23. The van der Waals surface area contributed by atoms with Crippen LogP contribution in [0.4, 0.5) is 0 Å². The van der Waals surface area contributed by atoms with Crippen molar-refractivity contribution in [3.63, 3.8) is 0 Å². The largest absolute Gasteiger partial charge is 0.476 e. The molecule has 2 aromatic rings. The van der Waals surface area contributed by atoms with Gasteiger partial charge in [0.05, 0.1) is 6.26 Å². The predicted octanol–water partition coefficient (Wildman–Crippen LogP) is 1.97. The molecule has 0 saturated heterocycles. The number of carbonyl (C=O) groups is 1. The van der Waals surface area contributed by atoms with Crippen LogP contribution in [-0.4, -0.2) is 16.1 Å². The monoisotopic (exact) mass is 220 g/mol. The van der Waals surface area contributed by atoms with Crippen molar-refractivity contribution in [2.24, 2.45) is 0 Å². The fourth-order valence-corrected chi connectivity index (χ4v) is 1.87. The minimum Gasteiger partial charge on any atom is -0.476 e. The number of nitriles is 1. The van der Waals surface area contributed by atoms with Gasteiger partial charge in [-0.25, -0.2) is 9.78 Å². The first kappa shape index (κ1) is 9.43. The molecule has 2 heterocycles. The number of carboxylic acids is 1. The summed E-state index contributed by atoms with van der Waals surface area (Å²) in [6.07, 6.45) is 1.46. The Hall–Kier alpha value is -2.13. The lowest BCUT2D eigenvalue weighted by molar-refractivity contribution is 0.0691. The second kappa shape index (κ2) is 3.55. The lowest BCUT2D eigenvalue weighted by Gasteiger charge is -1.85. The van der Waals surface area contributed by atoms with Gasteiger partial charge in [0, 0.05) is 0 Å². The Balaban J connectivity index is 2.54. The fraction of sp³-hybridized carbons (Fsp3) is 0. The summed E-state index contributed by atoms with van der Waals surface area (Å²) < 4.78 is 5.06. The summed E-state index contributed by atoms with van der Waals surface area (Å²) in [7, 11) is 0. The van der Waals surface area contributed by atoms with E-state index in [9.17, 15) is 4.79 Å². The summed E-state index contributed by atoms with van der Waals surface area (Å²) in [6, 6.07) is 5.12. The molecule has 0 spiro atoms. The minimum absolute atomic E-state index is 0.0777. The van der Waals surface area contributed by atoms with Crippen LogP contribution in [0.1, 0.15) is 15.4 Å². The Bertz CT molecular complexity index is 536. The molecule has 2 rings (SSSR count). The molecule has 74 valence electrons. The standard InChI is InChI=1S/C9H4N2O3S/c10-4-6-7(9(12)13)11-8(15-6)5-2-1-3-14-5/h1-3H,(H,12,13). The number of rotatable bonds is 2. The predicted molar refractivity (Wildman–Crippen MR) is 51.5 cm³/mol. The highest BCUT2D eigenvalue weighted by molar-refractivity contribution is 7.15. The summed E-state index contributed by atoms with van der Waals surface area (Å²) in [5, 5.41) is 17.9. The topological polar surface area (TPSA) is 87.1 Å². The van der Waals surface area contributed by atoms with E-state index in [1.165, 1.54) is 6.26 Å². The van der Waals surface area contributed by atoms with Crippen LogP contribution in [0.15, 0.2) is 22.8 Å². The Morgan fingerprint density at radius 3 is 2.93 bits per heavy atom. The number of aromatic carboxylic acids is 1. The maximum atomic E-state index is 10.7. The molecule has 0 fully saturated rings. The third-order valence-corrected chi connectivity index (χ3v) is 2.64. The molecule has 0 aromatic carbocycles. The summed E-state index contributed by atoms with van der Waals surface area (Å²) in [5.41, 5.74) is -0.228. The SMILES string of the molecule is N#Cc1sc(-c2ccco2)nc1C(=O)O. The van der Waals surface area contributed by atoms with Crippen LogP contribution in [0.3, 0.4) is 0 Å². The van der Waals surface area contributed by atoms with Gasteiger partial charge in [-0.2, -0.15) is 5.26 Å². The molecular formula is C9H4N2O3S. The molecule has 2 aromatic heterocycles. The molecule has 0 bridgehead atoms. The van der Waals surface area contributed by atoms with E-state index < -0.39 is 5.97 Å². The van der Waals surface area contributed by atoms with Gasteiger partial charge in [0.15, 0.2) is 16.5 Å². The zero-order valence-corrected chi connectivity index (χ0v) is 8.11. The molecule has 0 saturated carbocycles. The van der Waals surface area contributed by atoms with Crippen molar-refractivity contribution < 1.29 is 14.3 Å². The second-order valence-corrected chi connectivity index (χ2v) is 3.59. The molecule has 1 N–H and O–H groups in total. The van der Waals surface area contributed by atoms with Crippen LogP contribution in [-0.2, 0) is 0 Å². The van der Waals surface area contributed by atoms with E-state index in [0.29, 0.717) is 10.8 Å². The van der Waals surface area contributed by atoms with Crippen molar-refractivity contribution in [2.75, 3.05) is 0 Å². The number of hydrogen-bond donors (Lipinski definition) is 1. The average molecular weight is 220 g/mol. The molecule has 0 amide bonds. The highest BCUT2D eigenvalue weighted by atomic mass is 32.1. The molecular weight excluding hydrogens is 216 g/mol. The van der Waals surface area contributed by atoms with Gasteiger partial charge >= 0.3 is 5.97 Å². The third-order valence-electron chi connectivity index (χ3n) is 1.66. The molecule has 15 heavy (non-hydrogen) atoms. The summed E-state index contributed by atoms with van der Waals surface area (Å²) in [4.78, 5) is 14.6. The van der Waals surface area contributed by atoms with E-state index in [1.54, 1.807) is 18.2 Å². The summed E-state index contributed by atoms with van der Waals surface area (Å²) >= 11 is 0.999. The first-order chi connectivity index (χ1) is 7.22. The second-order valence-electron chi connectivity index (χ2n) is 2.59. The quantitative estimate of drug-likeness (QED) is 0.835. The van der Waals surface area contributed by atoms with E-state index in [0.717, 1.165) is 11.3 Å². The summed E-state index contributed by atoms with van der Waals surface area (Å²) in [5.74, 6) is -0.746. The van der Waals surface area contributed by atoms with Gasteiger partial charge in [0.2, 0.25) is 0 Å². The van der Waals surface area contributed by atoms with E-state index >= 15 is 0 Å². The molecule has 5 nitrogen and oxygen atoms in total. The molecule has 0 unspecified atom stereocenters. The van der Waals surface area contributed by atoms with Gasteiger partial charge in [0.25, 0.3) is 0 Å². The van der Waals surface area contributed by atoms with Crippen molar-refractivity contribution >= 4 is 17.3 Å². The first-order valence-electron chi connectivity index (χ1n) is 3.90. The normalized spacial score (nSPS) is 9.80. The zero-order chi connectivity index (χ0) is 10.8. The number of furan rings is 1. The van der Waals surface area contributed by atoms with Crippen molar-refractivity contribution in [3.05, 3.63) is 29.0 Å². The fourth-order valence-electron chi connectivity index (χ4n) is 1.05. The van der Waals surface area contributed by atoms with Crippen LogP contribution in [0.2, 0.25) is 0 Å². The number of hydrogen-bond acceptors (Lipinski definition) is 5. The smallest absolute Gasteiger partial charge is 0.356 e. The van der Waals surface area contributed by atoms with Crippen molar-refractivity contribution in [1.82, 2.24) is 4.98 Å². The van der Waals surface area contributed by atoms with Crippen molar-refractivity contribution in [1.29, 1.82) is 5.26 Å². The van der Waals surface area contributed by atoms with Crippen LogP contribution < -0.4 is 0 Å². The van der Waals surface area contributed by atoms with Gasteiger partial charge in [-0.15, -0.1) is 0 Å². The Morgan fingerprint density at radius 2 is 2.47 bits per heavy atom. The van der Waals surface area contributed by atoms with E-state index in [2.05, 4.69) is 4.98 Å². The molecule has 0 aliphatic heterocycles. The number of nitrogens with zero attached hydrogens (tertiary/aromatic N) is 2. The van der Waals surface area contributed by atoms with E-state index in [4.69, 9.17) is 14.8 Å². The molecule has 0 atom stereocenters. The Morgan fingerprint density at radius 1 is 1.67 bits per heavy atom. The van der Waals surface area contributed by atoms with Gasteiger partial charge < -0.3 is 9.52 Å². The van der Waals surface area contributed by atoms with E-state index in [-0.39, 0.29) is 10.6 Å². The van der Waals surface area contributed by atoms with Crippen LogP contribution in [0.5, 0.6) is 0 Å². The first-order valence-corrected chi connectivity index (χ1v) is 4.72. The van der Waals surface area contributed by atoms with Gasteiger partial charge in [-0.05, 0) is 12.1 Å². The minimum atomic E-state index is -1.21. The maximum Gasteiger partial charge on any atom is 0.356 e. The number of thiazole rings is 1. The van der Waals surface area contributed by atoms with E-state index in [1.807, 2.05) is 0 Å². The van der Waals surface area contributed by atoms with Gasteiger partial charge in [0.1, 0.15) is 10.9 Å². The van der Waals surface area contributed by atoms with Crippen LogP contribution in [0.25, 0.3) is 10.8 Å². The maximum absolute atomic E-state index is 10.7.